The number of hydrogen-bond donors (Lipinski definition) is 3. The molecule has 0 unspecified atom stereocenters. The van der Waals surface area contributed by atoms with E-state index < -0.39 is 10.0 Å². The maximum atomic E-state index is 14.0. The summed E-state index contributed by atoms with van der Waals surface area (Å²) in [6, 6.07) is 10.9. The van der Waals surface area contributed by atoms with Crippen molar-refractivity contribution in [2.24, 2.45) is 5.14 Å². The molecule has 0 aliphatic heterocycles. The molecule has 0 saturated carbocycles. The maximum absolute atomic E-state index is 14.0. The number of fused-ring (bicyclic) bond motifs is 1. The Bertz CT molecular complexity index is 1300. The molecule has 2 aromatic carbocycles. The summed E-state index contributed by atoms with van der Waals surface area (Å²) in [4.78, 5) is 11.7. The van der Waals surface area contributed by atoms with Crippen molar-refractivity contribution >= 4 is 32.6 Å². The summed E-state index contributed by atoms with van der Waals surface area (Å²) in [6.45, 7) is 1.86. The van der Waals surface area contributed by atoms with E-state index in [0.717, 1.165) is 11.1 Å². The van der Waals surface area contributed by atoms with Crippen molar-refractivity contribution in [3.8, 4) is 11.3 Å². The van der Waals surface area contributed by atoms with Crippen molar-refractivity contribution in [3.05, 3.63) is 66.2 Å². The number of halogens is 1. The van der Waals surface area contributed by atoms with Crippen molar-refractivity contribution < 1.29 is 12.8 Å². The minimum absolute atomic E-state index is 0.0163. The molecular formula is C19H16FN5O2S. The molecule has 0 aliphatic rings. The predicted molar refractivity (Wildman–Crippen MR) is 105 cm³/mol. The van der Waals surface area contributed by atoms with E-state index in [1.165, 1.54) is 18.2 Å². The topological polar surface area (TPSA) is 114 Å². The van der Waals surface area contributed by atoms with Crippen LogP contribution in [0.2, 0.25) is 0 Å². The number of benzene rings is 2. The smallest absolute Gasteiger partial charge is 0.238 e. The van der Waals surface area contributed by atoms with E-state index in [1.807, 2.05) is 6.92 Å². The number of anilines is 2. The lowest BCUT2D eigenvalue weighted by Gasteiger charge is -2.11. The molecule has 0 radical (unpaired) electrons. The van der Waals surface area contributed by atoms with Gasteiger partial charge in [0.2, 0.25) is 16.0 Å². The monoisotopic (exact) mass is 397 g/mol. The van der Waals surface area contributed by atoms with Gasteiger partial charge in [-0.2, -0.15) is 0 Å². The van der Waals surface area contributed by atoms with Crippen LogP contribution in [0.15, 0.2) is 59.8 Å². The highest BCUT2D eigenvalue weighted by Gasteiger charge is 2.14. The maximum Gasteiger partial charge on any atom is 0.238 e. The number of aromatic nitrogens is 3. The summed E-state index contributed by atoms with van der Waals surface area (Å²) in [6.07, 6.45) is 3.32. The number of nitrogens with two attached hydrogens (primary N) is 1. The standard InChI is InChI=1S/C19H16FN5O2S/c1-11-10-23-19(24-12-3-2-4-13(9-12)28(21,26)27)25-17(11)14-5-6-16(20)18-15(14)7-8-22-18/h2-10,22H,1H3,(H2,21,26,27)(H,23,24,25). The van der Waals surface area contributed by atoms with Crippen LogP contribution in [0, 0.1) is 12.7 Å². The van der Waals surface area contributed by atoms with Gasteiger partial charge >= 0.3 is 0 Å². The van der Waals surface area contributed by atoms with Gasteiger partial charge in [-0.3, -0.25) is 0 Å². The third-order valence-electron chi connectivity index (χ3n) is 4.32. The first-order valence-corrected chi connectivity index (χ1v) is 9.87. The largest absolute Gasteiger partial charge is 0.359 e. The molecule has 4 aromatic rings. The second kappa shape index (κ2) is 6.70. The molecule has 9 heteroatoms. The summed E-state index contributed by atoms with van der Waals surface area (Å²) < 4.78 is 37.0. The number of hydrogen-bond acceptors (Lipinski definition) is 5. The van der Waals surface area contributed by atoms with E-state index in [0.29, 0.717) is 22.3 Å². The summed E-state index contributed by atoms with van der Waals surface area (Å²) in [5.74, 6) is -0.0613. The Morgan fingerprint density at radius 3 is 2.79 bits per heavy atom. The van der Waals surface area contributed by atoms with Crippen LogP contribution >= 0.6 is 0 Å². The quantitative estimate of drug-likeness (QED) is 0.488. The second-order valence-electron chi connectivity index (χ2n) is 6.28. The van der Waals surface area contributed by atoms with Gasteiger partial charge in [0.25, 0.3) is 0 Å². The van der Waals surface area contributed by atoms with Crippen LogP contribution in [0.4, 0.5) is 16.0 Å². The molecule has 2 aromatic heterocycles. The molecule has 7 nitrogen and oxygen atoms in total. The number of rotatable bonds is 4. The molecule has 0 spiro atoms. The summed E-state index contributed by atoms with van der Waals surface area (Å²) in [7, 11) is -3.82. The highest BCUT2D eigenvalue weighted by Crippen LogP contribution is 2.31. The molecule has 0 aliphatic carbocycles. The van der Waals surface area contributed by atoms with Crippen LogP contribution in [0.1, 0.15) is 5.56 Å². The third-order valence-corrected chi connectivity index (χ3v) is 5.23. The van der Waals surface area contributed by atoms with Gasteiger partial charge in [-0.25, -0.2) is 27.9 Å². The lowest BCUT2D eigenvalue weighted by Crippen LogP contribution is -2.12. The van der Waals surface area contributed by atoms with E-state index in [2.05, 4.69) is 20.3 Å². The van der Waals surface area contributed by atoms with Crippen molar-refractivity contribution in [2.45, 2.75) is 11.8 Å². The first-order valence-electron chi connectivity index (χ1n) is 8.32. The Balaban J connectivity index is 1.76. The van der Waals surface area contributed by atoms with Crippen molar-refractivity contribution in [2.75, 3.05) is 5.32 Å². The molecule has 0 amide bonds. The zero-order valence-corrected chi connectivity index (χ0v) is 15.6. The van der Waals surface area contributed by atoms with Gasteiger partial charge in [-0.1, -0.05) is 6.07 Å². The van der Waals surface area contributed by atoms with Crippen LogP contribution in [-0.4, -0.2) is 23.4 Å². The molecule has 142 valence electrons. The molecule has 0 fully saturated rings. The molecular weight excluding hydrogens is 381 g/mol. The van der Waals surface area contributed by atoms with Gasteiger partial charge in [0.05, 0.1) is 16.1 Å². The van der Waals surface area contributed by atoms with E-state index in [9.17, 15) is 12.8 Å². The van der Waals surface area contributed by atoms with Crippen molar-refractivity contribution in [1.29, 1.82) is 0 Å². The summed E-state index contributed by atoms with van der Waals surface area (Å²) in [5, 5.41) is 8.87. The molecule has 4 rings (SSSR count). The van der Waals surface area contributed by atoms with Crippen molar-refractivity contribution in [1.82, 2.24) is 15.0 Å². The van der Waals surface area contributed by atoms with E-state index in [-0.39, 0.29) is 16.7 Å². The molecule has 0 saturated heterocycles. The normalized spacial score (nSPS) is 11.7. The van der Waals surface area contributed by atoms with Gasteiger partial charge in [0, 0.05) is 29.0 Å². The molecule has 0 atom stereocenters. The molecule has 28 heavy (non-hydrogen) atoms. The highest BCUT2D eigenvalue weighted by atomic mass is 32.2. The van der Waals surface area contributed by atoms with Crippen LogP contribution in [0.25, 0.3) is 22.2 Å². The minimum atomic E-state index is -3.82. The second-order valence-corrected chi connectivity index (χ2v) is 7.85. The Morgan fingerprint density at radius 2 is 2.00 bits per heavy atom. The van der Waals surface area contributed by atoms with Crippen LogP contribution in [-0.2, 0) is 10.0 Å². The van der Waals surface area contributed by atoms with E-state index >= 15 is 0 Å². The van der Waals surface area contributed by atoms with Crippen molar-refractivity contribution in [3.63, 3.8) is 0 Å². The number of nitrogens with one attached hydrogen (secondary N) is 2. The first-order chi connectivity index (χ1) is 13.3. The average molecular weight is 397 g/mol. The Morgan fingerprint density at radius 1 is 1.18 bits per heavy atom. The van der Waals surface area contributed by atoms with E-state index in [1.54, 1.807) is 36.7 Å². The number of H-pyrrole nitrogens is 1. The van der Waals surface area contributed by atoms with Crippen LogP contribution in [0.3, 0.4) is 0 Å². The van der Waals surface area contributed by atoms with Gasteiger partial charge < -0.3 is 10.3 Å². The average Bonchev–Trinajstić information content (AvgIpc) is 3.14. The SMILES string of the molecule is Cc1cnc(Nc2cccc(S(N)(=O)=O)c2)nc1-c1ccc(F)c2[nH]ccc12. The Kier molecular flexibility index (Phi) is 4.33. The summed E-state index contributed by atoms with van der Waals surface area (Å²) in [5.41, 5.74) is 3.11. The highest BCUT2D eigenvalue weighted by molar-refractivity contribution is 7.89. The number of aromatic amines is 1. The molecule has 0 bridgehead atoms. The Hall–Kier alpha value is -3.30. The number of nitrogens with zero attached hydrogens (tertiary/aromatic N) is 2. The predicted octanol–water partition coefficient (Wildman–Crippen LogP) is 3.46. The molecule has 4 N–H and O–H groups in total. The first kappa shape index (κ1) is 18.1. The van der Waals surface area contributed by atoms with Gasteiger partial charge in [0.15, 0.2) is 0 Å². The van der Waals surface area contributed by atoms with Gasteiger partial charge in [-0.05, 0) is 48.9 Å². The molecule has 2 heterocycles. The third kappa shape index (κ3) is 3.32. The number of aryl methyl sites for hydroxylation is 1. The number of sulfonamides is 1. The summed E-state index contributed by atoms with van der Waals surface area (Å²) >= 11 is 0. The van der Waals surface area contributed by atoms with Crippen LogP contribution in [0.5, 0.6) is 0 Å². The zero-order chi connectivity index (χ0) is 19.9. The minimum Gasteiger partial charge on any atom is -0.359 e. The van der Waals surface area contributed by atoms with E-state index in [4.69, 9.17) is 5.14 Å². The van der Waals surface area contributed by atoms with Gasteiger partial charge in [-0.15, -0.1) is 0 Å². The van der Waals surface area contributed by atoms with Crippen LogP contribution < -0.4 is 10.5 Å². The lowest BCUT2D eigenvalue weighted by molar-refractivity contribution is 0.598. The fraction of sp³-hybridized carbons (Fsp3) is 0.0526. The fourth-order valence-electron chi connectivity index (χ4n) is 2.98. The Labute approximate surface area is 160 Å². The van der Waals surface area contributed by atoms with Gasteiger partial charge in [0.1, 0.15) is 5.82 Å². The lowest BCUT2D eigenvalue weighted by atomic mass is 10.0. The zero-order valence-electron chi connectivity index (χ0n) is 14.8. The number of primary sulfonamides is 1. The fourth-order valence-corrected chi connectivity index (χ4v) is 3.54.